The second-order valence-corrected chi connectivity index (χ2v) is 10.5. The normalized spacial score (nSPS) is 45.5. The molecule has 3 saturated carbocycles. The lowest BCUT2D eigenvalue weighted by Gasteiger charge is -2.58. The van der Waals surface area contributed by atoms with E-state index < -0.39 is 0 Å². The van der Waals surface area contributed by atoms with Gasteiger partial charge in [0.05, 0.1) is 12.7 Å². The predicted molar refractivity (Wildman–Crippen MR) is 112 cm³/mol. The lowest BCUT2D eigenvalue weighted by atomic mass is 9.47. The fourth-order valence-corrected chi connectivity index (χ4v) is 7.57. The van der Waals surface area contributed by atoms with Crippen molar-refractivity contribution < 1.29 is 14.6 Å². The molecule has 4 aliphatic rings. The van der Waals surface area contributed by atoms with Crippen molar-refractivity contribution in [2.45, 2.75) is 85.2 Å². The van der Waals surface area contributed by atoms with Gasteiger partial charge in [0.25, 0.3) is 0 Å². The number of esters is 1. The number of hydrogen-bond acceptors (Lipinski definition) is 3. The first kappa shape index (κ1) is 20.2. The molecule has 4 rings (SSSR count). The third-order valence-corrected chi connectivity index (χ3v) is 9.20. The van der Waals surface area contributed by atoms with Gasteiger partial charge in [-0.2, -0.15) is 0 Å². The summed E-state index contributed by atoms with van der Waals surface area (Å²) in [4.78, 5) is 12.1. The van der Waals surface area contributed by atoms with Crippen molar-refractivity contribution in [2.75, 3.05) is 6.61 Å². The van der Waals surface area contributed by atoms with Crippen LogP contribution in [-0.2, 0) is 9.53 Å². The molecule has 0 amide bonds. The van der Waals surface area contributed by atoms with E-state index in [9.17, 15) is 9.90 Å². The largest absolute Gasteiger partial charge is 0.463 e. The summed E-state index contributed by atoms with van der Waals surface area (Å²) >= 11 is 0. The zero-order valence-corrected chi connectivity index (χ0v) is 18.2. The minimum atomic E-state index is -0.151. The molecule has 28 heavy (non-hydrogen) atoms. The molecule has 1 N–H and O–H groups in total. The molecule has 0 aliphatic heterocycles. The van der Waals surface area contributed by atoms with Gasteiger partial charge < -0.3 is 9.84 Å². The molecule has 0 aromatic heterocycles. The molecule has 0 bridgehead atoms. The zero-order chi connectivity index (χ0) is 20.1. The van der Waals surface area contributed by atoms with Gasteiger partial charge in [0, 0.05) is 5.57 Å². The molecule has 0 radical (unpaired) electrons. The minimum Gasteiger partial charge on any atom is -0.463 e. The van der Waals surface area contributed by atoms with E-state index in [0.29, 0.717) is 23.4 Å². The van der Waals surface area contributed by atoms with E-state index in [2.05, 4.69) is 26.0 Å². The summed E-state index contributed by atoms with van der Waals surface area (Å²) in [5.74, 6) is 2.64. The van der Waals surface area contributed by atoms with Gasteiger partial charge in [-0.05, 0) is 99.7 Å². The summed E-state index contributed by atoms with van der Waals surface area (Å²) in [6, 6.07) is 0. The highest BCUT2D eigenvalue weighted by Gasteiger charge is 2.58. The first-order valence-corrected chi connectivity index (χ1v) is 11.5. The number of aliphatic hydroxyl groups excluding tert-OH is 1. The molecule has 0 spiro atoms. The maximum Gasteiger partial charge on any atom is 0.333 e. The second kappa shape index (κ2) is 7.31. The van der Waals surface area contributed by atoms with Crippen molar-refractivity contribution >= 4 is 5.97 Å². The maximum atomic E-state index is 12.1. The molecule has 0 aromatic rings. The van der Waals surface area contributed by atoms with Crippen LogP contribution < -0.4 is 0 Å². The van der Waals surface area contributed by atoms with Gasteiger partial charge in [-0.25, -0.2) is 4.79 Å². The molecule has 3 nitrogen and oxygen atoms in total. The van der Waals surface area contributed by atoms with Crippen LogP contribution in [0.3, 0.4) is 0 Å². The molecule has 156 valence electrons. The summed E-state index contributed by atoms with van der Waals surface area (Å²) in [6.45, 7) is 9.22. The predicted octanol–water partition coefficient (Wildman–Crippen LogP) is 5.44. The summed E-state index contributed by atoms with van der Waals surface area (Å²) in [7, 11) is 0. The van der Waals surface area contributed by atoms with Crippen LogP contribution in [0.1, 0.15) is 79.1 Å². The lowest BCUT2D eigenvalue weighted by Crippen LogP contribution is -2.50. The fraction of sp³-hybridized carbons (Fsp3) is 0.800. The van der Waals surface area contributed by atoms with Crippen LogP contribution in [0.25, 0.3) is 0 Å². The summed E-state index contributed by atoms with van der Waals surface area (Å²) in [5, 5.41) is 10.2. The van der Waals surface area contributed by atoms with Gasteiger partial charge in [0.15, 0.2) is 0 Å². The first-order chi connectivity index (χ1) is 13.3. The molecule has 3 heteroatoms. The van der Waals surface area contributed by atoms with Crippen molar-refractivity contribution in [2.24, 2.45) is 34.5 Å². The van der Waals surface area contributed by atoms with Crippen LogP contribution >= 0.6 is 0 Å². The number of ether oxygens (including phenoxy) is 1. The van der Waals surface area contributed by atoms with Crippen LogP contribution in [-0.4, -0.2) is 23.8 Å². The van der Waals surface area contributed by atoms with Crippen LogP contribution in [0.15, 0.2) is 23.3 Å². The van der Waals surface area contributed by atoms with Gasteiger partial charge in [0.1, 0.15) is 0 Å². The summed E-state index contributed by atoms with van der Waals surface area (Å²) in [5.41, 5.74) is 2.95. The molecule has 7 atom stereocenters. The van der Waals surface area contributed by atoms with E-state index in [0.717, 1.165) is 42.6 Å². The number of carbonyl (C=O) groups excluding carboxylic acids is 1. The number of aliphatic hydroxyl groups is 1. The number of fused-ring (bicyclic) bond motifs is 5. The quantitative estimate of drug-likeness (QED) is 0.399. The van der Waals surface area contributed by atoms with Crippen molar-refractivity contribution in [3.8, 4) is 0 Å². The zero-order valence-electron chi connectivity index (χ0n) is 18.2. The summed E-state index contributed by atoms with van der Waals surface area (Å²) < 4.78 is 5.21. The smallest absolute Gasteiger partial charge is 0.333 e. The molecule has 4 aliphatic carbocycles. The molecule has 3 fully saturated rings. The van der Waals surface area contributed by atoms with Gasteiger partial charge in [-0.1, -0.05) is 31.6 Å². The number of rotatable bonds is 3. The second-order valence-electron chi connectivity index (χ2n) is 10.5. The van der Waals surface area contributed by atoms with E-state index in [1.54, 1.807) is 5.57 Å². The standard InChI is InChI=1S/C25H38O3/c1-5-28-23(27)16(2)14-17-7-9-21-20-8-6-18-15-19(26)10-12-24(18,3)22(20)11-13-25(17,21)4/h6,14,17,19-22,26H,5,7-13,15H2,1-4H3/b16-14+/t17-,19+,20+,21+,22+,24+,25-/m1/s1. The third kappa shape index (κ3) is 3.09. The van der Waals surface area contributed by atoms with Crippen molar-refractivity contribution in [1.29, 1.82) is 0 Å². The minimum absolute atomic E-state index is 0.128. The highest BCUT2D eigenvalue weighted by atomic mass is 16.5. The lowest BCUT2D eigenvalue weighted by molar-refractivity contribution is -0.138. The van der Waals surface area contributed by atoms with E-state index in [1.165, 1.54) is 32.1 Å². The Balaban J connectivity index is 1.57. The number of allylic oxidation sites excluding steroid dienone is 2. The highest BCUT2D eigenvalue weighted by molar-refractivity contribution is 5.87. The summed E-state index contributed by atoms with van der Waals surface area (Å²) in [6.07, 6.45) is 13.9. The van der Waals surface area contributed by atoms with Crippen LogP contribution in [0.5, 0.6) is 0 Å². The Labute approximate surface area is 170 Å². The van der Waals surface area contributed by atoms with Gasteiger partial charge in [-0.15, -0.1) is 0 Å². The molecule has 0 heterocycles. The number of hydrogen-bond donors (Lipinski definition) is 1. The Morgan fingerprint density at radius 3 is 2.75 bits per heavy atom. The van der Waals surface area contributed by atoms with Crippen molar-refractivity contribution in [3.05, 3.63) is 23.3 Å². The Morgan fingerprint density at radius 1 is 1.21 bits per heavy atom. The average Bonchev–Trinajstić information content (AvgIpc) is 2.99. The van der Waals surface area contributed by atoms with E-state index in [-0.39, 0.29) is 12.1 Å². The van der Waals surface area contributed by atoms with E-state index >= 15 is 0 Å². The van der Waals surface area contributed by atoms with Crippen LogP contribution in [0, 0.1) is 34.5 Å². The van der Waals surface area contributed by atoms with Crippen LogP contribution in [0.2, 0.25) is 0 Å². The monoisotopic (exact) mass is 386 g/mol. The Kier molecular flexibility index (Phi) is 5.27. The fourth-order valence-electron chi connectivity index (χ4n) is 7.57. The maximum absolute atomic E-state index is 12.1. The topological polar surface area (TPSA) is 46.5 Å². The van der Waals surface area contributed by atoms with Gasteiger partial charge >= 0.3 is 5.97 Å². The Morgan fingerprint density at radius 2 is 2.00 bits per heavy atom. The molecule has 0 aromatic carbocycles. The van der Waals surface area contributed by atoms with Crippen molar-refractivity contribution in [3.63, 3.8) is 0 Å². The van der Waals surface area contributed by atoms with Crippen molar-refractivity contribution in [1.82, 2.24) is 0 Å². The Hall–Kier alpha value is -1.09. The Bertz CT molecular complexity index is 692. The van der Waals surface area contributed by atoms with E-state index in [4.69, 9.17) is 4.74 Å². The highest BCUT2D eigenvalue weighted by Crippen LogP contribution is 2.66. The third-order valence-electron chi connectivity index (χ3n) is 9.20. The molecular formula is C25H38O3. The van der Waals surface area contributed by atoms with Gasteiger partial charge in [-0.3, -0.25) is 0 Å². The number of carbonyl (C=O) groups is 1. The molecule has 0 saturated heterocycles. The SMILES string of the molecule is CCOC(=O)/C(C)=C/[C@H]1CC[C@H]2[C@@H]3CC=C4C[C@@H](O)CC[C@]4(C)[C@H]3CC[C@]12C. The first-order valence-electron chi connectivity index (χ1n) is 11.5. The average molecular weight is 387 g/mol. The van der Waals surface area contributed by atoms with Crippen LogP contribution in [0.4, 0.5) is 0 Å². The van der Waals surface area contributed by atoms with Gasteiger partial charge in [0.2, 0.25) is 0 Å². The van der Waals surface area contributed by atoms with E-state index in [1.807, 2.05) is 13.8 Å². The molecular weight excluding hydrogens is 348 g/mol. The molecule has 0 unspecified atom stereocenters.